The molecule has 12 nitrogen and oxygen atoms in total. The van der Waals surface area contributed by atoms with Crippen molar-refractivity contribution in [2.24, 2.45) is 0 Å². The summed E-state index contributed by atoms with van der Waals surface area (Å²) in [5.74, 6) is -3.66. The van der Waals surface area contributed by atoms with Crippen molar-refractivity contribution in [3.05, 3.63) is 17.9 Å². The van der Waals surface area contributed by atoms with Crippen LogP contribution in [0.1, 0.15) is 17.5 Å². The van der Waals surface area contributed by atoms with Crippen LogP contribution in [0.3, 0.4) is 0 Å². The summed E-state index contributed by atoms with van der Waals surface area (Å²) in [6.45, 7) is -0.177. The van der Waals surface area contributed by atoms with E-state index in [1.165, 1.54) is 33.3 Å². The Morgan fingerprint density at radius 1 is 0.867 bits per heavy atom. The molecule has 0 bridgehead atoms. The predicted molar refractivity (Wildman–Crippen MR) is 98.4 cm³/mol. The van der Waals surface area contributed by atoms with Crippen LogP contribution in [0.5, 0.6) is 5.95 Å². The molecule has 0 saturated carbocycles. The molecule has 0 aromatic carbocycles. The lowest BCUT2D eigenvalue weighted by molar-refractivity contribution is -0.156. The Kier molecular flexibility index (Phi) is 9.86. The van der Waals surface area contributed by atoms with E-state index in [0.29, 0.717) is 0 Å². The van der Waals surface area contributed by atoms with E-state index in [1.54, 1.807) is 6.92 Å². The Morgan fingerprint density at radius 2 is 1.40 bits per heavy atom. The molecular weight excluding hydrogens is 404 g/mol. The van der Waals surface area contributed by atoms with Crippen LogP contribution in [-0.4, -0.2) is 93.6 Å². The number of methoxy groups -OCH3 is 1. The molecule has 1 aromatic heterocycles. The number of rotatable bonds is 11. The minimum Gasteiger partial charge on any atom is -0.468 e. The number of hydrogen-bond donors (Lipinski definition) is 0. The quantitative estimate of drug-likeness (QED) is 0.333. The Labute approximate surface area is 172 Å². The Balaban J connectivity index is 2.35. The zero-order valence-corrected chi connectivity index (χ0v) is 17.2. The van der Waals surface area contributed by atoms with Crippen molar-refractivity contribution in [2.45, 2.75) is 6.92 Å². The third-order valence-electron chi connectivity index (χ3n) is 3.56. The summed E-state index contributed by atoms with van der Waals surface area (Å²) in [5, 5.41) is 0. The van der Waals surface area contributed by atoms with Crippen molar-refractivity contribution in [3.63, 3.8) is 0 Å². The first-order valence-corrected chi connectivity index (χ1v) is 8.78. The molecule has 166 valence electrons. The number of amides is 2. The standard InChI is InChI=1S/C18H24N2O10/c1-5-27-15(23)8-19(2)13(21)10-28-16(24)9-20(3)14(22)11-29-18(25)12-6-7-17(26-4)30-12/h6-7H,5,8-11H2,1-4H3. The maximum atomic E-state index is 12.0. The highest BCUT2D eigenvalue weighted by molar-refractivity contribution is 5.90. The van der Waals surface area contributed by atoms with E-state index in [9.17, 15) is 24.0 Å². The highest BCUT2D eigenvalue weighted by atomic mass is 16.6. The molecule has 0 atom stereocenters. The lowest BCUT2D eigenvalue weighted by atomic mass is 10.4. The molecule has 0 unspecified atom stereocenters. The molecule has 1 heterocycles. The lowest BCUT2D eigenvalue weighted by Gasteiger charge is -2.18. The van der Waals surface area contributed by atoms with Gasteiger partial charge in [-0.05, 0) is 13.0 Å². The van der Waals surface area contributed by atoms with Gasteiger partial charge in [0.2, 0.25) is 5.76 Å². The molecular formula is C18H24N2O10. The molecule has 0 aliphatic carbocycles. The first-order valence-electron chi connectivity index (χ1n) is 8.78. The summed E-state index contributed by atoms with van der Waals surface area (Å²) < 4.78 is 24.1. The van der Waals surface area contributed by atoms with Gasteiger partial charge in [0, 0.05) is 20.2 Å². The molecule has 1 rings (SSSR count). The van der Waals surface area contributed by atoms with Gasteiger partial charge >= 0.3 is 17.9 Å². The van der Waals surface area contributed by atoms with Gasteiger partial charge in [-0.25, -0.2) is 4.79 Å². The molecule has 0 aliphatic rings. The van der Waals surface area contributed by atoms with Gasteiger partial charge in [-0.15, -0.1) is 0 Å². The van der Waals surface area contributed by atoms with E-state index in [0.717, 1.165) is 9.80 Å². The van der Waals surface area contributed by atoms with Crippen molar-refractivity contribution in [3.8, 4) is 5.95 Å². The molecule has 30 heavy (non-hydrogen) atoms. The molecule has 12 heteroatoms. The second-order valence-corrected chi connectivity index (χ2v) is 5.86. The molecule has 0 aliphatic heterocycles. The van der Waals surface area contributed by atoms with Crippen molar-refractivity contribution in [1.82, 2.24) is 9.80 Å². The maximum absolute atomic E-state index is 12.0. The highest BCUT2D eigenvalue weighted by Crippen LogP contribution is 2.15. The smallest absolute Gasteiger partial charge is 0.374 e. The lowest BCUT2D eigenvalue weighted by Crippen LogP contribution is -2.39. The first-order chi connectivity index (χ1) is 14.2. The number of carbonyl (C=O) groups is 5. The Morgan fingerprint density at radius 3 is 1.90 bits per heavy atom. The summed E-state index contributed by atoms with van der Waals surface area (Å²) in [5.41, 5.74) is 0. The minimum atomic E-state index is -0.877. The minimum absolute atomic E-state index is 0.107. The van der Waals surface area contributed by atoms with E-state index in [2.05, 4.69) is 0 Å². The number of hydrogen-bond acceptors (Lipinski definition) is 10. The monoisotopic (exact) mass is 428 g/mol. The summed E-state index contributed by atoms with van der Waals surface area (Å²) in [4.78, 5) is 60.7. The fourth-order valence-corrected chi connectivity index (χ4v) is 1.92. The second kappa shape index (κ2) is 12.1. The van der Waals surface area contributed by atoms with Gasteiger partial charge in [-0.3, -0.25) is 19.2 Å². The van der Waals surface area contributed by atoms with E-state index in [4.69, 9.17) is 23.4 Å². The van der Waals surface area contributed by atoms with Crippen LogP contribution in [0.25, 0.3) is 0 Å². The van der Waals surface area contributed by atoms with Crippen molar-refractivity contribution in [2.75, 3.05) is 54.1 Å². The zero-order chi connectivity index (χ0) is 22.7. The first kappa shape index (κ1) is 24.5. The average molecular weight is 428 g/mol. The number of carbonyl (C=O) groups excluding carboxylic acids is 5. The number of esters is 3. The SMILES string of the molecule is CCOC(=O)CN(C)C(=O)COC(=O)CN(C)C(=O)COC(=O)c1ccc(OC)o1. The van der Waals surface area contributed by atoms with Crippen LogP contribution < -0.4 is 4.74 Å². The highest BCUT2D eigenvalue weighted by Gasteiger charge is 2.20. The number of furan rings is 1. The molecule has 0 saturated heterocycles. The summed E-state index contributed by atoms with van der Waals surface area (Å²) in [6, 6.07) is 2.73. The number of likely N-dealkylation sites (N-methyl/N-ethyl adjacent to an activating group) is 2. The summed E-state index contributed by atoms with van der Waals surface area (Å²) in [7, 11) is 4.01. The van der Waals surface area contributed by atoms with E-state index >= 15 is 0 Å². The van der Waals surface area contributed by atoms with Crippen LogP contribution in [0.4, 0.5) is 0 Å². The fourth-order valence-electron chi connectivity index (χ4n) is 1.92. The molecule has 0 spiro atoms. The summed E-state index contributed by atoms with van der Waals surface area (Å²) >= 11 is 0. The summed E-state index contributed by atoms with van der Waals surface area (Å²) in [6.07, 6.45) is 0. The second-order valence-electron chi connectivity index (χ2n) is 5.86. The Bertz CT molecular complexity index is 773. The van der Waals surface area contributed by atoms with Crippen LogP contribution in [0.2, 0.25) is 0 Å². The van der Waals surface area contributed by atoms with Gasteiger partial charge in [0.1, 0.15) is 13.1 Å². The average Bonchev–Trinajstić information content (AvgIpc) is 3.19. The predicted octanol–water partition coefficient (Wildman–Crippen LogP) is -0.532. The third-order valence-corrected chi connectivity index (χ3v) is 3.56. The van der Waals surface area contributed by atoms with Gasteiger partial charge in [0.25, 0.3) is 17.8 Å². The number of nitrogens with zero attached hydrogens (tertiary/aromatic N) is 2. The van der Waals surface area contributed by atoms with Crippen molar-refractivity contribution < 1.29 is 47.3 Å². The van der Waals surface area contributed by atoms with E-state index in [-0.39, 0.29) is 24.9 Å². The maximum Gasteiger partial charge on any atom is 0.374 e. The third kappa shape index (κ3) is 8.20. The van der Waals surface area contributed by atoms with Crippen LogP contribution >= 0.6 is 0 Å². The molecule has 1 aromatic rings. The van der Waals surface area contributed by atoms with Gasteiger partial charge in [-0.2, -0.15) is 0 Å². The van der Waals surface area contributed by atoms with Crippen molar-refractivity contribution in [1.29, 1.82) is 0 Å². The molecule has 2 amide bonds. The Hall–Kier alpha value is -3.57. The van der Waals surface area contributed by atoms with E-state index in [1.807, 2.05) is 0 Å². The molecule has 0 radical (unpaired) electrons. The van der Waals surface area contributed by atoms with Crippen LogP contribution in [-0.2, 0) is 33.4 Å². The topological polar surface area (TPSA) is 142 Å². The van der Waals surface area contributed by atoms with Gasteiger partial charge in [0.05, 0.1) is 13.7 Å². The van der Waals surface area contributed by atoms with Gasteiger partial charge < -0.3 is 33.2 Å². The molecule has 0 fully saturated rings. The molecule has 0 N–H and O–H groups in total. The van der Waals surface area contributed by atoms with Gasteiger partial charge in [0.15, 0.2) is 13.2 Å². The van der Waals surface area contributed by atoms with Gasteiger partial charge in [-0.1, -0.05) is 0 Å². The number of ether oxygens (including phenoxy) is 4. The zero-order valence-electron chi connectivity index (χ0n) is 17.2. The largest absolute Gasteiger partial charge is 0.468 e. The van der Waals surface area contributed by atoms with E-state index < -0.39 is 49.5 Å². The van der Waals surface area contributed by atoms with Crippen molar-refractivity contribution >= 4 is 29.7 Å². The fraction of sp³-hybridized carbons (Fsp3) is 0.500. The van der Waals surface area contributed by atoms with Crippen LogP contribution in [0, 0.1) is 0 Å². The normalized spacial score (nSPS) is 10.0. The van der Waals surface area contributed by atoms with Crippen LogP contribution in [0.15, 0.2) is 16.5 Å².